The molecule has 1 amide bonds. The third-order valence-electron chi connectivity index (χ3n) is 5.49. The third kappa shape index (κ3) is 2.78. The monoisotopic (exact) mass is 334 g/mol. The zero-order chi connectivity index (χ0) is 16.0. The van der Waals surface area contributed by atoms with Crippen LogP contribution in [0.2, 0.25) is 0 Å². The van der Waals surface area contributed by atoms with Crippen LogP contribution in [0.1, 0.15) is 37.7 Å². The number of carbonyl (C=O) groups is 1. The van der Waals surface area contributed by atoms with Crippen LogP contribution in [0.25, 0.3) is 0 Å². The lowest BCUT2D eigenvalue weighted by Gasteiger charge is -2.24. The van der Waals surface area contributed by atoms with Crippen molar-refractivity contribution in [1.29, 1.82) is 0 Å². The molecule has 0 aromatic heterocycles. The molecule has 2 heterocycles. The molecule has 2 fully saturated rings. The Morgan fingerprint density at radius 2 is 2.04 bits per heavy atom. The largest absolute Gasteiger partial charge is 0.325 e. The van der Waals surface area contributed by atoms with E-state index in [1.54, 1.807) is 12.1 Å². The average molecular weight is 334 g/mol. The molecule has 3 atom stereocenters. The lowest BCUT2D eigenvalue weighted by Crippen LogP contribution is -2.39. The van der Waals surface area contributed by atoms with Crippen LogP contribution in [0.15, 0.2) is 23.1 Å². The fraction of sp³-hybridized carbons (Fsp3) is 0.588. The first-order chi connectivity index (χ1) is 11.0. The highest BCUT2D eigenvalue weighted by atomic mass is 32.2. The Labute approximate surface area is 136 Å². The number of amides is 1. The van der Waals surface area contributed by atoms with Gasteiger partial charge in [-0.15, -0.1) is 0 Å². The highest BCUT2D eigenvalue weighted by Gasteiger charge is 2.38. The van der Waals surface area contributed by atoms with Gasteiger partial charge in [0.05, 0.1) is 16.7 Å². The maximum Gasteiger partial charge on any atom is 0.241 e. The molecule has 0 radical (unpaired) electrons. The van der Waals surface area contributed by atoms with E-state index in [0.29, 0.717) is 29.0 Å². The van der Waals surface area contributed by atoms with Crippen LogP contribution in [-0.2, 0) is 21.1 Å². The van der Waals surface area contributed by atoms with Crippen molar-refractivity contribution >= 4 is 21.4 Å². The van der Waals surface area contributed by atoms with Crippen LogP contribution in [0.3, 0.4) is 0 Å². The van der Waals surface area contributed by atoms with Gasteiger partial charge in [-0.2, -0.15) is 0 Å². The van der Waals surface area contributed by atoms with Crippen molar-refractivity contribution in [2.45, 2.75) is 55.5 Å². The number of benzene rings is 1. The van der Waals surface area contributed by atoms with Crippen molar-refractivity contribution < 1.29 is 13.2 Å². The van der Waals surface area contributed by atoms with Crippen LogP contribution in [0.5, 0.6) is 0 Å². The normalized spacial score (nSPS) is 31.4. The van der Waals surface area contributed by atoms with Gasteiger partial charge in [0.2, 0.25) is 5.91 Å². The van der Waals surface area contributed by atoms with Crippen molar-refractivity contribution in [2.24, 2.45) is 5.92 Å². The average Bonchev–Trinajstić information content (AvgIpc) is 3.09. The topological polar surface area (TPSA) is 75.3 Å². The minimum Gasteiger partial charge on any atom is -0.325 e. The summed E-state index contributed by atoms with van der Waals surface area (Å²) in [5, 5.41) is 6.35. The second kappa shape index (κ2) is 5.60. The Bertz CT molecular complexity index is 730. The van der Waals surface area contributed by atoms with Gasteiger partial charge in [-0.1, -0.05) is 18.9 Å². The Kier molecular flexibility index (Phi) is 3.69. The predicted molar refractivity (Wildman–Crippen MR) is 88.1 cm³/mol. The molecule has 2 aliphatic heterocycles. The number of aryl methyl sites for hydroxylation is 1. The van der Waals surface area contributed by atoms with Crippen molar-refractivity contribution in [3.05, 3.63) is 23.8 Å². The quantitative estimate of drug-likeness (QED) is 0.866. The van der Waals surface area contributed by atoms with Crippen molar-refractivity contribution in [3.63, 3.8) is 0 Å². The fourth-order valence-corrected chi connectivity index (χ4v) is 5.82. The maximum absolute atomic E-state index is 12.5. The lowest BCUT2D eigenvalue weighted by atomic mass is 9.85. The van der Waals surface area contributed by atoms with Gasteiger partial charge in [0.1, 0.15) is 0 Å². The lowest BCUT2D eigenvalue weighted by molar-refractivity contribution is -0.117. The summed E-state index contributed by atoms with van der Waals surface area (Å²) in [6.45, 7) is 0. The molecular formula is C17H22N2O3S. The first-order valence-corrected chi connectivity index (χ1v) is 10.1. The maximum atomic E-state index is 12.5. The summed E-state index contributed by atoms with van der Waals surface area (Å²) in [5.74, 6) is 0.738. The summed E-state index contributed by atoms with van der Waals surface area (Å²) in [7, 11) is -3.17. The SMILES string of the molecule is O=C(Nc1ccc2c(c1)S(=O)(=O)CC2)C1CC2CCCCC2N1. The summed E-state index contributed by atoms with van der Waals surface area (Å²) >= 11 is 0. The summed E-state index contributed by atoms with van der Waals surface area (Å²) in [4.78, 5) is 12.9. The van der Waals surface area contributed by atoms with E-state index < -0.39 is 9.84 Å². The molecule has 1 aliphatic carbocycles. The Morgan fingerprint density at radius 3 is 2.87 bits per heavy atom. The van der Waals surface area contributed by atoms with Crippen LogP contribution < -0.4 is 10.6 Å². The molecule has 3 aliphatic rings. The van der Waals surface area contributed by atoms with E-state index in [4.69, 9.17) is 0 Å². The molecule has 1 aromatic rings. The highest BCUT2D eigenvalue weighted by Crippen LogP contribution is 2.34. The standard InChI is InChI=1S/C17H22N2O3S/c20-17(15-9-12-3-1-2-4-14(12)19-15)18-13-6-5-11-7-8-23(21,22)16(11)10-13/h5-6,10,12,14-15,19H,1-4,7-9H2,(H,18,20). The van der Waals surface area contributed by atoms with Gasteiger partial charge in [0.25, 0.3) is 0 Å². The molecule has 0 bridgehead atoms. The summed E-state index contributed by atoms with van der Waals surface area (Å²) in [6, 6.07) is 5.54. The van der Waals surface area contributed by atoms with Crippen molar-refractivity contribution in [1.82, 2.24) is 5.32 Å². The van der Waals surface area contributed by atoms with E-state index in [9.17, 15) is 13.2 Å². The van der Waals surface area contributed by atoms with Gasteiger partial charge >= 0.3 is 0 Å². The highest BCUT2D eigenvalue weighted by molar-refractivity contribution is 7.91. The number of nitrogens with one attached hydrogen (secondary N) is 2. The van der Waals surface area contributed by atoms with Crippen LogP contribution in [0.4, 0.5) is 5.69 Å². The Hall–Kier alpha value is -1.40. The summed E-state index contributed by atoms with van der Waals surface area (Å²) in [6.07, 6.45) is 6.33. The number of fused-ring (bicyclic) bond motifs is 2. The first kappa shape index (κ1) is 15.1. The van der Waals surface area contributed by atoms with E-state index in [1.165, 1.54) is 19.3 Å². The van der Waals surface area contributed by atoms with E-state index in [-0.39, 0.29) is 17.7 Å². The van der Waals surface area contributed by atoms with E-state index >= 15 is 0 Å². The minimum atomic E-state index is -3.17. The van der Waals surface area contributed by atoms with E-state index in [0.717, 1.165) is 18.4 Å². The van der Waals surface area contributed by atoms with Crippen LogP contribution in [0, 0.1) is 5.92 Å². The van der Waals surface area contributed by atoms with Gasteiger partial charge in [-0.05, 0) is 49.3 Å². The fourth-order valence-electron chi connectivity index (χ4n) is 4.23. The molecule has 0 spiro atoms. The molecule has 5 nitrogen and oxygen atoms in total. The number of hydrogen-bond acceptors (Lipinski definition) is 4. The van der Waals surface area contributed by atoms with Crippen LogP contribution >= 0.6 is 0 Å². The number of rotatable bonds is 2. The number of sulfone groups is 1. The Balaban J connectivity index is 1.48. The van der Waals surface area contributed by atoms with Gasteiger partial charge in [-0.25, -0.2) is 8.42 Å². The molecule has 1 saturated heterocycles. The molecule has 2 N–H and O–H groups in total. The molecule has 3 unspecified atom stereocenters. The molecule has 23 heavy (non-hydrogen) atoms. The minimum absolute atomic E-state index is 0.0465. The number of hydrogen-bond donors (Lipinski definition) is 2. The third-order valence-corrected chi connectivity index (χ3v) is 7.28. The zero-order valence-electron chi connectivity index (χ0n) is 13.0. The molecular weight excluding hydrogens is 312 g/mol. The second-order valence-corrected chi connectivity index (χ2v) is 9.06. The Morgan fingerprint density at radius 1 is 1.22 bits per heavy atom. The summed E-state index contributed by atoms with van der Waals surface area (Å²) < 4.78 is 24.0. The smallest absolute Gasteiger partial charge is 0.241 e. The van der Waals surface area contributed by atoms with Crippen molar-refractivity contribution in [2.75, 3.05) is 11.1 Å². The summed E-state index contributed by atoms with van der Waals surface area (Å²) in [5.41, 5.74) is 1.43. The molecule has 6 heteroatoms. The van der Waals surface area contributed by atoms with E-state index in [2.05, 4.69) is 10.6 Å². The second-order valence-electron chi connectivity index (χ2n) is 6.99. The van der Waals surface area contributed by atoms with E-state index in [1.807, 2.05) is 6.07 Å². The van der Waals surface area contributed by atoms with Gasteiger partial charge in [0.15, 0.2) is 9.84 Å². The number of carbonyl (C=O) groups excluding carboxylic acids is 1. The van der Waals surface area contributed by atoms with Crippen molar-refractivity contribution in [3.8, 4) is 0 Å². The molecule has 1 saturated carbocycles. The zero-order valence-corrected chi connectivity index (χ0v) is 13.9. The van der Waals surface area contributed by atoms with Gasteiger partial charge in [-0.3, -0.25) is 4.79 Å². The molecule has 124 valence electrons. The molecule has 4 rings (SSSR count). The predicted octanol–water partition coefficient (Wildman–Crippen LogP) is 1.88. The first-order valence-electron chi connectivity index (χ1n) is 8.45. The van der Waals surface area contributed by atoms with Gasteiger partial charge in [0, 0.05) is 11.7 Å². The molecule has 1 aromatic carbocycles. The number of anilines is 1. The van der Waals surface area contributed by atoms with Crippen LogP contribution in [-0.4, -0.2) is 32.2 Å². The van der Waals surface area contributed by atoms with Gasteiger partial charge < -0.3 is 10.6 Å².